The third-order valence-electron chi connectivity index (χ3n) is 6.27. The molecule has 0 unspecified atom stereocenters. The molecule has 0 atom stereocenters. The highest BCUT2D eigenvalue weighted by Gasteiger charge is 2.25. The van der Waals surface area contributed by atoms with Crippen LogP contribution in [0.5, 0.6) is 0 Å². The highest BCUT2D eigenvalue weighted by atomic mass is 32.1. The number of aromatic nitrogens is 2. The van der Waals surface area contributed by atoms with Crippen molar-refractivity contribution >= 4 is 33.3 Å². The number of hydrogen-bond acceptors (Lipinski definition) is 7. The van der Waals surface area contributed by atoms with Crippen molar-refractivity contribution in [2.75, 3.05) is 5.32 Å². The zero-order valence-corrected chi connectivity index (χ0v) is 19.5. The van der Waals surface area contributed by atoms with Crippen molar-refractivity contribution in [3.63, 3.8) is 0 Å². The lowest BCUT2D eigenvalue weighted by Gasteiger charge is -2.08. The number of rotatable bonds is 4. The van der Waals surface area contributed by atoms with Gasteiger partial charge in [0.1, 0.15) is 22.5 Å². The zero-order chi connectivity index (χ0) is 23.8. The molecule has 5 aromatic rings. The van der Waals surface area contributed by atoms with E-state index in [0.29, 0.717) is 38.7 Å². The Hall–Kier alpha value is -4.22. The SMILES string of the molecule is N#Cc1c(NC(=O)c2cc(-c3ccco3)nc3onc(-c4ccccc4)c23)sc2c1CCCCC2. The number of hydrogen-bond donors (Lipinski definition) is 1. The number of thiophene rings is 1. The summed E-state index contributed by atoms with van der Waals surface area (Å²) in [6.07, 6.45) is 6.69. The van der Waals surface area contributed by atoms with Crippen molar-refractivity contribution in [2.24, 2.45) is 0 Å². The van der Waals surface area contributed by atoms with Crippen LogP contribution in [0.25, 0.3) is 33.8 Å². The van der Waals surface area contributed by atoms with Gasteiger partial charge in [0.2, 0.25) is 0 Å². The number of anilines is 1. The number of carbonyl (C=O) groups is 1. The Bertz CT molecular complexity index is 1580. The second kappa shape index (κ2) is 8.85. The minimum absolute atomic E-state index is 0.241. The number of amides is 1. The molecule has 0 radical (unpaired) electrons. The van der Waals surface area contributed by atoms with Crippen LogP contribution >= 0.6 is 11.3 Å². The first-order valence-corrected chi connectivity index (χ1v) is 12.3. The molecular formula is C27H20N4O3S. The number of nitriles is 1. The van der Waals surface area contributed by atoms with Gasteiger partial charge in [-0.25, -0.2) is 4.98 Å². The number of furan rings is 1. The van der Waals surface area contributed by atoms with Crippen molar-refractivity contribution in [1.82, 2.24) is 10.1 Å². The lowest BCUT2D eigenvalue weighted by atomic mass is 10.0. The van der Waals surface area contributed by atoms with Crippen LogP contribution < -0.4 is 5.32 Å². The maximum absolute atomic E-state index is 13.7. The predicted octanol–water partition coefficient (Wildman–Crippen LogP) is 6.60. The molecule has 8 heteroatoms. The molecule has 0 bridgehead atoms. The van der Waals surface area contributed by atoms with Crippen molar-refractivity contribution in [3.8, 4) is 28.8 Å². The number of pyridine rings is 1. The summed E-state index contributed by atoms with van der Waals surface area (Å²) in [4.78, 5) is 19.5. The Morgan fingerprint density at radius 2 is 1.94 bits per heavy atom. The Balaban J connectivity index is 1.48. The number of aryl methyl sites for hydroxylation is 1. The Morgan fingerprint density at radius 3 is 2.74 bits per heavy atom. The van der Waals surface area contributed by atoms with E-state index in [1.54, 1.807) is 24.5 Å². The maximum atomic E-state index is 13.7. The molecule has 4 aromatic heterocycles. The van der Waals surface area contributed by atoms with Gasteiger partial charge in [0, 0.05) is 10.4 Å². The van der Waals surface area contributed by atoms with Gasteiger partial charge in [-0.15, -0.1) is 11.3 Å². The van der Waals surface area contributed by atoms with Gasteiger partial charge >= 0.3 is 0 Å². The van der Waals surface area contributed by atoms with Gasteiger partial charge in [0.15, 0.2) is 5.76 Å². The maximum Gasteiger partial charge on any atom is 0.259 e. The van der Waals surface area contributed by atoms with E-state index < -0.39 is 0 Å². The Labute approximate surface area is 205 Å². The van der Waals surface area contributed by atoms with E-state index in [1.165, 1.54) is 16.2 Å². The molecule has 172 valence electrons. The van der Waals surface area contributed by atoms with Gasteiger partial charge in [0.05, 0.1) is 22.8 Å². The van der Waals surface area contributed by atoms with Crippen LogP contribution in [0.15, 0.2) is 63.7 Å². The number of nitrogens with one attached hydrogen (secondary N) is 1. The van der Waals surface area contributed by atoms with Gasteiger partial charge in [-0.1, -0.05) is 41.9 Å². The molecule has 0 saturated heterocycles. The summed E-state index contributed by atoms with van der Waals surface area (Å²) < 4.78 is 11.1. The number of benzene rings is 1. The van der Waals surface area contributed by atoms with Crippen LogP contribution in [0.1, 0.15) is 45.6 Å². The summed E-state index contributed by atoms with van der Waals surface area (Å²) in [6.45, 7) is 0. The molecule has 0 fully saturated rings. The molecule has 4 heterocycles. The third kappa shape index (κ3) is 3.80. The third-order valence-corrected chi connectivity index (χ3v) is 7.48. The van der Waals surface area contributed by atoms with Gasteiger partial charge in [-0.2, -0.15) is 5.26 Å². The van der Waals surface area contributed by atoms with Gasteiger partial charge < -0.3 is 14.3 Å². The molecule has 7 nitrogen and oxygen atoms in total. The molecular weight excluding hydrogens is 460 g/mol. The monoisotopic (exact) mass is 480 g/mol. The average molecular weight is 481 g/mol. The fourth-order valence-electron chi connectivity index (χ4n) is 4.59. The van der Waals surface area contributed by atoms with Crippen molar-refractivity contribution in [1.29, 1.82) is 5.26 Å². The van der Waals surface area contributed by atoms with E-state index in [1.807, 2.05) is 30.3 Å². The number of nitrogens with zero attached hydrogens (tertiary/aromatic N) is 3. The average Bonchev–Trinajstić information content (AvgIpc) is 3.60. The first-order chi connectivity index (χ1) is 17.2. The lowest BCUT2D eigenvalue weighted by molar-refractivity contribution is 0.102. The Kier molecular flexibility index (Phi) is 5.39. The summed E-state index contributed by atoms with van der Waals surface area (Å²) >= 11 is 1.51. The minimum atomic E-state index is -0.349. The fraction of sp³-hybridized carbons (Fsp3) is 0.185. The largest absolute Gasteiger partial charge is 0.463 e. The van der Waals surface area contributed by atoms with Gasteiger partial charge in [0.25, 0.3) is 11.6 Å². The summed E-state index contributed by atoms with van der Waals surface area (Å²) in [6, 6.07) is 17.1. The van der Waals surface area contributed by atoms with E-state index in [2.05, 4.69) is 21.5 Å². The molecule has 0 aliphatic heterocycles. The summed E-state index contributed by atoms with van der Waals surface area (Å²) in [5.41, 5.74) is 4.06. The Morgan fingerprint density at radius 1 is 1.09 bits per heavy atom. The molecule has 1 aliphatic carbocycles. The number of fused-ring (bicyclic) bond motifs is 2. The molecule has 0 saturated carbocycles. The first kappa shape index (κ1) is 21.3. The predicted molar refractivity (Wildman–Crippen MR) is 133 cm³/mol. The topological polar surface area (TPSA) is 105 Å². The second-order valence-electron chi connectivity index (χ2n) is 8.44. The quantitative estimate of drug-likeness (QED) is 0.290. The molecule has 1 aliphatic rings. The van der Waals surface area contributed by atoms with E-state index in [4.69, 9.17) is 8.94 Å². The standard InChI is InChI=1S/C27H20N4O3S/c28-15-19-17-10-5-2-6-12-22(17)35-27(19)30-25(32)18-14-20(21-11-7-13-33-21)29-26-23(18)24(31-34-26)16-8-3-1-4-9-16/h1,3-4,7-9,11,13-14H,2,5-6,10,12H2,(H,30,32). The highest BCUT2D eigenvalue weighted by molar-refractivity contribution is 7.16. The highest BCUT2D eigenvalue weighted by Crippen LogP contribution is 2.38. The van der Waals surface area contributed by atoms with Crippen LogP contribution in [0.3, 0.4) is 0 Å². The van der Waals surface area contributed by atoms with Crippen LogP contribution in [0.2, 0.25) is 0 Å². The molecule has 6 rings (SSSR count). The molecule has 1 N–H and O–H groups in total. The van der Waals surface area contributed by atoms with Crippen LogP contribution in [0, 0.1) is 11.3 Å². The van der Waals surface area contributed by atoms with Crippen molar-refractivity contribution in [2.45, 2.75) is 32.1 Å². The number of carbonyl (C=O) groups excluding carboxylic acids is 1. The fourth-order valence-corrected chi connectivity index (χ4v) is 5.83. The molecule has 0 spiro atoms. The summed E-state index contributed by atoms with van der Waals surface area (Å²) in [5, 5.41) is 18.3. The summed E-state index contributed by atoms with van der Waals surface area (Å²) in [5.74, 6) is 0.164. The van der Waals surface area contributed by atoms with E-state index in [0.717, 1.165) is 43.2 Å². The van der Waals surface area contributed by atoms with Gasteiger partial charge in [-0.05, 0) is 49.4 Å². The van der Waals surface area contributed by atoms with Gasteiger partial charge in [-0.3, -0.25) is 4.79 Å². The molecule has 1 amide bonds. The summed E-state index contributed by atoms with van der Waals surface area (Å²) in [7, 11) is 0. The minimum Gasteiger partial charge on any atom is -0.463 e. The van der Waals surface area contributed by atoms with E-state index >= 15 is 0 Å². The zero-order valence-electron chi connectivity index (χ0n) is 18.7. The van der Waals surface area contributed by atoms with Crippen molar-refractivity contribution < 1.29 is 13.7 Å². The van der Waals surface area contributed by atoms with Crippen molar-refractivity contribution in [3.05, 3.63) is 76.4 Å². The molecule has 1 aromatic carbocycles. The van der Waals surface area contributed by atoms with Crippen LogP contribution in [-0.2, 0) is 12.8 Å². The van der Waals surface area contributed by atoms with E-state index in [-0.39, 0.29) is 11.6 Å². The first-order valence-electron chi connectivity index (χ1n) is 11.5. The normalized spacial score (nSPS) is 13.2. The van der Waals surface area contributed by atoms with Crippen LogP contribution in [0.4, 0.5) is 5.00 Å². The van der Waals surface area contributed by atoms with Crippen LogP contribution in [-0.4, -0.2) is 16.0 Å². The smallest absolute Gasteiger partial charge is 0.259 e. The van der Waals surface area contributed by atoms with E-state index in [9.17, 15) is 10.1 Å². The second-order valence-corrected chi connectivity index (χ2v) is 9.55. The molecule has 35 heavy (non-hydrogen) atoms. The lowest BCUT2D eigenvalue weighted by Crippen LogP contribution is -2.13.